The molecular weight excluding hydrogens is 392 g/mol. The molecule has 2 rings (SSSR count). The van der Waals surface area contributed by atoms with Gasteiger partial charge in [-0.25, -0.2) is 0 Å². The fourth-order valence-electron chi connectivity index (χ4n) is 3.06. The van der Waals surface area contributed by atoms with Crippen LogP contribution in [0, 0.1) is 6.92 Å². The Hall–Kier alpha value is -2.27. The Labute approximate surface area is 185 Å². The zero-order chi connectivity index (χ0) is 21.9. The Morgan fingerprint density at radius 3 is 2.30 bits per heavy atom. The van der Waals surface area contributed by atoms with Crippen molar-refractivity contribution in [1.29, 1.82) is 0 Å². The number of rotatable bonds is 11. The van der Waals surface area contributed by atoms with E-state index in [-0.39, 0.29) is 17.9 Å². The zero-order valence-corrected chi connectivity index (χ0v) is 19.4. The molecule has 30 heavy (non-hydrogen) atoms. The lowest BCUT2D eigenvalue weighted by molar-refractivity contribution is -0.138. The fourth-order valence-corrected chi connectivity index (χ4v) is 3.93. The fraction of sp³-hybridized carbons (Fsp3) is 0.440. The molecule has 2 aromatic rings. The number of hydrogen-bond acceptors (Lipinski definition) is 3. The second-order valence-corrected chi connectivity index (χ2v) is 8.78. The van der Waals surface area contributed by atoms with Crippen molar-refractivity contribution in [2.45, 2.75) is 58.4 Å². The summed E-state index contributed by atoms with van der Waals surface area (Å²) < 4.78 is 0. The molecule has 4 nitrogen and oxygen atoms in total. The van der Waals surface area contributed by atoms with Gasteiger partial charge >= 0.3 is 0 Å². The van der Waals surface area contributed by atoms with Crippen molar-refractivity contribution >= 4 is 23.6 Å². The van der Waals surface area contributed by atoms with Crippen LogP contribution in [0.1, 0.15) is 43.9 Å². The van der Waals surface area contributed by atoms with Crippen LogP contribution in [0.4, 0.5) is 0 Å². The van der Waals surface area contributed by atoms with E-state index in [9.17, 15) is 9.59 Å². The molecule has 0 saturated heterocycles. The van der Waals surface area contributed by atoms with Gasteiger partial charge < -0.3 is 10.2 Å². The van der Waals surface area contributed by atoms with Crippen LogP contribution in [0.15, 0.2) is 54.6 Å². The van der Waals surface area contributed by atoms with Crippen LogP contribution in [0.3, 0.4) is 0 Å². The Morgan fingerprint density at radius 2 is 1.67 bits per heavy atom. The topological polar surface area (TPSA) is 49.4 Å². The van der Waals surface area contributed by atoms with Crippen LogP contribution in [-0.2, 0) is 21.8 Å². The van der Waals surface area contributed by atoms with E-state index in [1.165, 1.54) is 11.1 Å². The molecule has 5 heteroatoms. The number of carbonyl (C=O) groups excluding carboxylic acids is 2. The van der Waals surface area contributed by atoms with Gasteiger partial charge in [0.1, 0.15) is 6.04 Å². The summed E-state index contributed by atoms with van der Waals surface area (Å²) in [5.41, 5.74) is 3.60. The number of aryl methyl sites for hydroxylation is 1. The van der Waals surface area contributed by atoms with Crippen molar-refractivity contribution in [3.05, 3.63) is 71.3 Å². The maximum absolute atomic E-state index is 13.0. The maximum atomic E-state index is 13.0. The number of amides is 2. The maximum Gasteiger partial charge on any atom is 0.242 e. The Bertz CT molecular complexity index is 793. The highest BCUT2D eigenvalue weighted by atomic mass is 32.2. The van der Waals surface area contributed by atoms with Crippen molar-refractivity contribution in [3.8, 4) is 0 Å². The third-order valence-corrected chi connectivity index (χ3v) is 6.26. The molecule has 2 aromatic carbocycles. The summed E-state index contributed by atoms with van der Waals surface area (Å²) in [6.45, 7) is 8.44. The molecule has 0 unspecified atom stereocenters. The van der Waals surface area contributed by atoms with Crippen molar-refractivity contribution in [1.82, 2.24) is 10.2 Å². The molecule has 0 heterocycles. The number of nitrogens with one attached hydrogen (secondary N) is 1. The lowest BCUT2D eigenvalue weighted by Gasteiger charge is -2.29. The monoisotopic (exact) mass is 426 g/mol. The first-order valence-electron chi connectivity index (χ1n) is 10.7. The molecule has 162 valence electrons. The SMILES string of the molecule is CC[C@@H](C)NC(=O)[C@H](C)N(CCc1ccccc1)C(=O)CSCc1ccc(C)cc1. The summed E-state index contributed by atoms with van der Waals surface area (Å²) in [5, 5.41) is 3.01. The summed E-state index contributed by atoms with van der Waals surface area (Å²) in [5.74, 6) is 1.07. The van der Waals surface area contributed by atoms with Crippen molar-refractivity contribution in [3.63, 3.8) is 0 Å². The van der Waals surface area contributed by atoms with E-state index in [1.54, 1.807) is 16.7 Å². The van der Waals surface area contributed by atoms with Crippen molar-refractivity contribution in [2.24, 2.45) is 0 Å². The van der Waals surface area contributed by atoms with E-state index < -0.39 is 6.04 Å². The van der Waals surface area contributed by atoms with Gasteiger partial charge in [0.2, 0.25) is 11.8 Å². The molecule has 0 aliphatic carbocycles. The number of carbonyl (C=O) groups is 2. The highest BCUT2D eigenvalue weighted by Crippen LogP contribution is 2.15. The Kier molecular flexibility index (Phi) is 9.95. The normalized spacial score (nSPS) is 12.8. The lowest BCUT2D eigenvalue weighted by Crippen LogP contribution is -2.51. The molecule has 0 aromatic heterocycles. The van der Waals surface area contributed by atoms with Gasteiger partial charge in [-0.3, -0.25) is 9.59 Å². The molecule has 0 saturated carbocycles. The minimum Gasteiger partial charge on any atom is -0.352 e. The van der Waals surface area contributed by atoms with Crippen LogP contribution in [0.25, 0.3) is 0 Å². The van der Waals surface area contributed by atoms with E-state index in [4.69, 9.17) is 0 Å². The summed E-state index contributed by atoms with van der Waals surface area (Å²) in [4.78, 5) is 27.4. The molecule has 1 N–H and O–H groups in total. The second-order valence-electron chi connectivity index (χ2n) is 7.79. The standard InChI is InChI=1S/C25H34N2O2S/c1-5-20(3)26-25(29)21(4)27(16-15-22-9-7-6-8-10-22)24(28)18-30-17-23-13-11-19(2)12-14-23/h6-14,20-21H,5,15-18H2,1-4H3,(H,26,29)/t20-,21+/m1/s1. The number of benzene rings is 2. The van der Waals surface area contributed by atoms with Gasteiger partial charge in [-0.05, 0) is 44.7 Å². The smallest absolute Gasteiger partial charge is 0.242 e. The zero-order valence-electron chi connectivity index (χ0n) is 18.6. The largest absolute Gasteiger partial charge is 0.352 e. The molecule has 0 aliphatic rings. The van der Waals surface area contributed by atoms with Crippen LogP contribution >= 0.6 is 11.8 Å². The highest BCUT2D eigenvalue weighted by molar-refractivity contribution is 7.99. The molecule has 2 amide bonds. The van der Waals surface area contributed by atoms with Gasteiger partial charge in [0.15, 0.2) is 0 Å². The molecule has 0 aliphatic heterocycles. The van der Waals surface area contributed by atoms with Crippen molar-refractivity contribution < 1.29 is 9.59 Å². The summed E-state index contributed by atoms with van der Waals surface area (Å²) in [6.07, 6.45) is 1.60. The van der Waals surface area contributed by atoms with E-state index in [2.05, 4.69) is 48.6 Å². The van der Waals surface area contributed by atoms with Gasteiger partial charge in [0.05, 0.1) is 5.75 Å². The third kappa shape index (κ3) is 7.86. The third-order valence-electron chi connectivity index (χ3n) is 5.27. The van der Waals surface area contributed by atoms with E-state index >= 15 is 0 Å². The first-order valence-corrected chi connectivity index (χ1v) is 11.8. The number of nitrogens with zero attached hydrogens (tertiary/aromatic N) is 1. The molecule has 2 atom stereocenters. The van der Waals surface area contributed by atoms with Gasteiger partial charge in [-0.1, -0.05) is 67.1 Å². The molecule has 0 fully saturated rings. The molecular formula is C25H34N2O2S. The van der Waals surface area contributed by atoms with E-state index in [0.717, 1.165) is 24.2 Å². The average molecular weight is 427 g/mol. The average Bonchev–Trinajstić information content (AvgIpc) is 2.75. The predicted octanol–water partition coefficient (Wildman–Crippen LogP) is 4.60. The van der Waals surface area contributed by atoms with Crippen LogP contribution in [0.2, 0.25) is 0 Å². The highest BCUT2D eigenvalue weighted by Gasteiger charge is 2.26. The first-order chi connectivity index (χ1) is 14.4. The van der Waals surface area contributed by atoms with Gasteiger partial charge in [-0.15, -0.1) is 11.8 Å². The molecule has 0 spiro atoms. The Morgan fingerprint density at radius 1 is 1.00 bits per heavy atom. The molecule has 0 bridgehead atoms. The minimum absolute atomic E-state index is 0.00912. The van der Waals surface area contributed by atoms with Crippen molar-refractivity contribution in [2.75, 3.05) is 12.3 Å². The predicted molar refractivity (Wildman–Crippen MR) is 127 cm³/mol. The first kappa shape index (κ1) is 24.0. The van der Waals surface area contributed by atoms with Crippen LogP contribution < -0.4 is 5.32 Å². The number of thioether (sulfide) groups is 1. The van der Waals surface area contributed by atoms with Crippen LogP contribution in [0.5, 0.6) is 0 Å². The minimum atomic E-state index is -0.491. The number of hydrogen-bond donors (Lipinski definition) is 1. The Balaban J connectivity index is 1.99. The van der Waals surface area contributed by atoms with E-state index in [1.807, 2.05) is 39.0 Å². The van der Waals surface area contributed by atoms with Gasteiger partial charge in [0, 0.05) is 18.3 Å². The van der Waals surface area contributed by atoms with Gasteiger partial charge in [0.25, 0.3) is 0 Å². The summed E-state index contributed by atoms with van der Waals surface area (Å²) in [6, 6.07) is 18.1. The second kappa shape index (κ2) is 12.4. The quantitative estimate of drug-likeness (QED) is 0.571. The van der Waals surface area contributed by atoms with E-state index in [0.29, 0.717) is 12.3 Å². The van der Waals surface area contributed by atoms with Crippen LogP contribution in [-0.4, -0.2) is 41.1 Å². The lowest BCUT2D eigenvalue weighted by atomic mass is 10.1. The molecule has 0 radical (unpaired) electrons. The van der Waals surface area contributed by atoms with Gasteiger partial charge in [-0.2, -0.15) is 0 Å². The summed E-state index contributed by atoms with van der Waals surface area (Å²) >= 11 is 1.59. The summed E-state index contributed by atoms with van der Waals surface area (Å²) in [7, 11) is 0.